The van der Waals surface area contributed by atoms with Gasteiger partial charge in [-0.05, 0) is 44.9 Å². The predicted octanol–water partition coefficient (Wildman–Crippen LogP) is 3.24. The zero-order valence-corrected chi connectivity index (χ0v) is 13.0. The highest BCUT2D eigenvalue weighted by molar-refractivity contribution is 5.81. The molecule has 0 aromatic carbocycles. The van der Waals surface area contributed by atoms with Crippen molar-refractivity contribution in [3.8, 4) is 0 Å². The van der Waals surface area contributed by atoms with Crippen LogP contribution in [0.5, 0.6) is 0 Å². The first-order chi connectivity index (χ1) is 9.17. The van der Waals surface area contributed by atoms with Gasteiger partial charge in [-0.25, -0.2) is 0 Å². The summed E-state index contributed by atoms with van der Waals surface area (Å²) in [6, 6.07) is 0.490. The lowest BCUT2D eigenvalue weighted by atomic mass is 9.83. The molecule has 2 N–H and O–H groups in total. The topological polar surface area (TPSA) is 41.1 Å². The molecule has 0 saturated heterocycles. The molecule has 0 aromatic heterocycles. The third-order valence-electron chi connectivity index (χ3n) is 4.25. The van der Waals surface area contributed by atoms with E-state index in [0.717, 1.165) is 25.3 Å². The van der Waals surface area contributed by atoms with Crippen LogP contribution in [-0.2, 0) is 4.79 Å². The molecule has 1 aliphatic carbocycles. The average molecular weight is 268 g/mol. The van der Waals surface area contributed by atoms with Crippen molar-refractivity contribution in [2.45, 2.75) is 84.2 Å². The van der Waals surface area contributed by atoms with E-state index in [1.807, 2.05) is 6.92 Å². The lowest BCUT2D eigenvalue weighted by Gasteiger charge is -2.30. The third kappa shape index (κ3) is 6.42. The third-order valence-corrected chi connectivity index (χ3v) is 4.25. The molecule has 0 heterocycles. The van der Waals surface area contributed by atoms with Gasteiger partial charge in [-0.1, -0.05) is 33.1 Å². The summed E-state index contributed by atoms with van der Waals surface area (Å²) in [5.74, 6) is 1.08. The number of rotatable bonds is 8. The summed E-state index contributed by atoms with van der Waals surface area (Å²) in [6.45, 7) is 7.21. The van der Waals surface area contributed by atoms with Gasteiger partial charge in [0.25, 0.3) is 0 Å². The molecule has 0 aromatic rings. The number of nitrogens with one attached hydrogen (secondary N) is 2. The zero-order valence-electron chi connectivity index (χ0n) is 13.0. The molecular formula is C16H32N2O. The van der Waals surface area contributed by atoms with Crippen molar-refractivity contribution in [2.75, 3.05) is 6.54 Å². The summed E-state index contributed by atoms with van der Waals surface area (Å²) in [4.78, 5) is 11.9. The molecule has 3 nitrogen and oxygen atoms in total. The van der Waals surface area contributed by atoms with Crippen molar-refractivity contribution >= 4 is 5.91 Å². The molecule has 1 unspecified atom stereocenters. The second-order valence-corrected chi connectivity index (χ2v) is 6.04. The van der Waals surface area contributed by atoms with E-state index in [0.29, 0.717) is 6.04 Å². The average Bonchev–Trinajstić information content (AvgIpc) is 2.41. The van der Waals surface area contributed by atoms with Crippen LogP contribution in [0.25, 0.3) is 0 Å². The Hall–Kier alpha value is -0.570. The highest BCUT2D eigenvalue weighted by Crippen LogP contribution is 2.27. The Morgan fingerprint density at radius 1 is 1.16 bits per heavy atom. The number of carbonyl (C=O) groups is 1. The molecule has 1 amide bonds. The van der Waals surface area contributed by atoms with E-state index in [1.54, 1.807) is 0 Å². The van der Waals surface area contributed by atoms with Crippen LogP contribution in [-0.4, -0.2) is 24.5 Å². The minimum atomic E-state index is -0.0513. The fourth-order valence-corrected chi connectivity index (χ4v) is 3.00. The molecule has 1 rings (SSSR count). The fourth-order valence-electron chi connectivity index (χ4n) is 3.00. The summed E-state index contributed by atoms with van der Waals surface area (Å²) < 4.78 is 0. The molecule has 0 bridgehead atoms. The normalized spacial score (nSPS) is 25.0. The molecule has 1 saturated carbocycles. The summed E-state index contributed by atoms with van der Waals surface area (Å²) >= 11 is 0. The van der Waals surface area contributed by atoms with Gasteiger partial charge in [-0.3, -0.25) is 4.79 Å². The van der Waals surface area contributed by atoms with Gasteiger partial charge in [-0.15, -0.1) is 0 Å². The zero-order chi connectivity index (χ0) is 14.1. The minimum Gasteiger partial charge on any atom is -0.355 e. The van der Waals surface area contributed by atoms with E-state index in [4.69, 9.17) is 0 Å². The minimum absolute atomic E-state index is 0.0513. The summed E-state index contributed by atoms with van der Waals surface area (Å²) in [6.07, 6.45) is 10.0. The SMILES string of the molecule is CCCCNC(=O)C(C)NC1CCC(CCC)CC1. The Morgan fingerprint density at radius 2 is 1.84 bits per heavy atom. The lowest BCUT2D eigenvalue weighted by molar-refractivity contribution is -0.123. The molecular weight excluding hydrogens is 236 g/mol. The van der Waals surface area contributed by atoms with Gasteiger partial charge in [0.05, 0.1) is 6.04 Å². The quantitative estimate of drug-likeness (QED) is 0.664. The summed E-state index contributed by atoms with van der Waals surface area (Å²) in [5, 5.41) is 6.50. The van der Waals surface area contributed by atoms with Crippen molar-refractivity contribution in [1.29, 1.82) is 0 Å². The Bertz CT molecular complexity index is 247. The van der Waals surface area contributed by atoms with E-state index in [9.17, 15) is 4.79 Å². The van der Waals surface area contributed by atoms with E-state index >= 15 is 0 Å². The molecule has 1 aliphatic rings. The number of hydrogen-bond acceptors (Lipinski definition) is 2. The molecule has 0 spiro atoms. The summed E-state index contributed by atoms with van der Waals surface area (Å²) in [5.41, 5.74) is 0. The monoisotopic (exact) mass is 268 g/mol. The molecule has 3 heteroatoms. The Kier molecular flexibility index (Phi) is 8.11. The summed E-state index contributed by atoms with van der Waals surface area (Å²) in [7, 11) is 0. The Balaban J connectivity index is 2.18. The van der Waals surface area contributed by atoms with Crippen molar-refractivity contribution < 1.29 is 4.79 Å². The Labute approximate surface area is 118 Å². The molecule has 1 fully saturated rings. The molecule has 19 heavy (non-hydrogen) atoms. The number of hydrogen-bond donors (Lipinski definition) is 2. The van der Waals surface area contributed by atoms with Gasteiger partial charge >= 0.3 is 0 Å². The largest absolute Gasteiger partial charge is 0.355 e. The Morgan fingerprint density at radius 3 is 2.42 bits per heavy atom. The van der Waals surface area contributed by atoms with E-state index in [-0.39, 0.29) is 11.9 Å². The van der Waals surface area contributed by atoms with Crippen LogP contribution >= 0.6 is 0 Å². The van der Waals surface area contributed by atoms with Gasteiger partial charge in [0.15, 0.2) is 0 Å². The second kappa shape index (κ2) is 9.35. The van der Waals surface area contributed by atoms with E-state index in [1.165, 1.54) is 38.5 Å². The van der Waals surface area contributed by atoms with Gasteiger partial charge in [0.2, 0.25) is 5.91 Å². The van der Waals surface area contributed by atoms with Gasteiger partial charge < -0.3 is 10.6 Å². The number of amides is 1. The van der Waals surface area contributed by atoms with Crippen LogP contribution in [0.2, 0.25) is 0 Å². The van der Waals surface area contributed by atoms with Crippen LogP contribution in [0.3, 0.4) is 0 Å². The first-order valence-corrected chi connectivity index (χ1v) is 8.21. The maximum Gasteiger partial charge on any atom is 0.236 e. The molecule has 0 aliphatic heterocycles. The van der Waals surface area contributed by atoms with Crippen LogP contribution in [0, 0.1) is 5.92 Å². The van der Waals surface area contributed by atoms with Crippen LogP contribution in [0.4, 0.5) is 0 Å². The molecule has 0 radical (unpaired) electrons. The smallest absolute Gasteiger partial charge is 0.236 e. The van der Waals surface area contributed by atoms with Crippen LogP contribution < -0.4 is 10.6 Å². The second-order valence-electron chi connectivity index (χ2n) is 6.04. The maximum absolute atomic E-state index is 11.9. The number of carbonyl (C=O) groups excluding carboxylic acids is 1. The molecule has 112 valence electrons. The highest BCUT2D eigenvalue weighted by atomic mass is 16.2. The standard InChI is InChI=1S/C16H32N2O/c1-4-6-12-17-16(19)13(3)18-15-10-8-14(7-5-2)9-11-15/h13-15,18H,4-12H2,1-3H3,(H,17,19). The van der Waals surface area contributed by atoms with Gasteiger partial charge in [0, 0.05) is 12.6 Å². The van der Waals surface area contributed by atoms with Crippen molar-refractivity contribution in [2.24, 2.45) is 5.92 Å². The predicted molar refractivity (Wildman–Crippen MR) is 81.2 cm³/mol. The first-order valence-electron chi connectivity index (χ1n) is 8.21. The van der Waals surface area contributed by atoms with Crippen molar-refractivity contribution in [1.82, 2.24) is 10.6 Å². The van der Waals surface area contributed by atoms with Crippen LogP contribution in [0.15, 0.2) is 0 Å². The van der Waals surface area contributed by atoms with Crippen molar-refractivity contribution in [3.05, 3.63) is 0 Å². The van der Waals surface area contributed by atoms with E-state index in [2.05, 4.69) is 24.5 Å². The van der Waals surface area contributed by atoms with Crippen LogP contribution in [0.1, 0.15) is 72.1 Å². The van der Waals surface area contributed by atoms with Gasteiger partial charge in [-0.2, -0.15) is 0 Å². The fraction of sp³-hybridized carbons (Fsp3) is 0.938. The first kappa shape index (κ1) is 16.5. The van der Waals surface area contributed by atoms with Crippen molar-refractivity contribution in [3.63, 3.8) is 0 Å². The van der Waals surface area contributed by atoms with Gasteiger partial charge in [0.1, 0.15) is 0 Å². The maximum atomic E-state index is 11.9. The lowest BCUT2D eigenvalue weighted by Crippen LogP contribution is -2.47. The van der Waals surface area contributed by atoms with E-state index < -0.39 is 0 Å². The highest BCUT2D eigenvalue weighted by Gasteiger charge is 2.23. The number of unbranched alkanes of at least 4 members (excludes halogenated alkanes) is 1. The molecule has 1 atom stereocenters.